The third kappa shape index (κ3) is 3.09. The molecule has 2 amide bonds. The molecule has 0 fully saturated rings. The van der Waals surface area contributed by atoms with Crippen LogP contribution in [0, 0.1) is 0 Å². The number of hydrogen-bond acceptors (Lipinski definition) is 3. The number of carbonyl (C=O) groups excluding carboxylic acids is 1. The highest BCUT2D eigenvalue weighted by molar-refractivity contribution is 5.98. The Morgan fingerprint density at radius 3 is 2.94 bits per heavy atom. The summed E-state index contributed by atoms with van der Waals surface area (Å²) in [4.78, 5) is 25.7. The van der Waals surface area contributed by atoms with Crippen LogP contribution in [-0.4, -0.2) is 28.6 Å². The normalized spacial score (nSPS) is 9.25. The van der Waals surface area contributed by atoms with E-state index in [0.29, 0.717) is 6.54 Å². The lowest BCUT2D eigenvalue weighted by Crippen LogP contribution is -2.29. The molecule has 84 valence electrons. The number of rotatable bonds is 4. The van der Waals surface area contributed by atoms with Crippen molar-refractivity contribution in [3.8, 4) is 0 Å². The van der Waals surface area contributed by atoms with Gasteiger partial charge in [0.15, 0.2) is 5.69 Å². The molecule has 0 aromatic carbocycles. The summed E-state index contributed by atoms with van der Waals surface area (Å²) in [6, 6.07) is 2.50. The first kappa shape index (κ1) is 11.7. The van der Waals surface area contributed by atoms with Crippen molar-refractivity contribution in [2.45, 2.75) is 0 Å². The highest BCUT2D eigenvalue weighted by Crippen LogP contribution is 2.11. The fourth-order valence-electron chi connectivity index (χ4n) is 1.01. The molecule has 1 aromatic rings. The van der Waals surface area contributed by atoms with Gasteiger partial charge in [0.25, 0.3) is 0 Å². The highest BCUT2D eigenvalue weighted by Gasteiger charge is 2.12. The van der Waals surface area contributed by atoms with E-state index in [1.165, 1.54) is 24.4 Å². The second kappa shape index (κ2) is 5.50. The first-order valence-corrected chi connectivity index (χ1v) is 4.49. The number of nitrogens with zero attached hydrogens (tertiary/aromatic N) is 1. The van der Waals surface area contributed by atoms with Gasteiger partial charge in [0.05, 0.1) is 5.69 Å². The van der Waals surface area contributed by atoms with Gasteiger partial charge in [-0.25, -0.2) is 14.6 Å². The summed E-state index contributed by atoms with van der Waals surface area (Å²) in [7, 11) is 0. The molecule has 0 saturated carbocycles. The molecule has 0 bridgehead atoms. The van der Waals surface area contributed by atoms with Gasteiger partial charge < -0.3 is 15.7 Å². The largest absolute Gasteiger partial charge is 0.476 e. The maximum absolute atomic E-state index is 11.3. The van der Waals surface area contributed by atoms with Crippen LogP contribution >= 0.6 is 0 Å². The molecule has 6 nitrogen and oxygen atoms in total. The zero-order chi connectivity index (χ0) is 12.0. The molecular weight excluding hydrogens is 210 g/mol. The minimum atomic E-state index is -1.19. The van der Waals surface area contributed by atoms with E-state index in [0.717, 1.165) is 0 Å². The first-order valence-electron chi connectivity index (χ1n) is 4.49. The van der Waals surface area contributed by atoms with Gasteiger partial charge in [-0.3, -0.25) is 0 Å². The summed E-state index contributed by atoms with van der Waals surface area (Å²) in [5.41, 5.74) is -0.0483. The quantitative estimate of drug-likeness (QED) is 0.663. The van der Waals surface area contributed by atoms with E-state index in [2.05, 4.69) is 22.2 Å². The zero-order valence-electron chi connectivity index (χ0n) is 8.43. The molecule has 0 aliphatic rings. The number of aromatic carboxylic acids is 1. The van der Waals surface area contributed by atoms with Crippen molar-refractivity contribution in [3.05, 3.63) is 36.7 Å². The van der Waals surface area contributed by atoms with E-state index >= 15 is 0 Å². The Kier molecular flexibility index (Phi) is 4.02. The van der Waals surface area contributed by atoms with Gasteiger partial charge in [0.2, 0.25) is 0 Å². The lowest BCUT2D eigenvalue weighted by molar-refractivity contribution is 0.0692. The van der Waals surface area contributed by atoms with Crippen molar-refractivity contribution in [3.63, 3.8) is 0 Å². The van der Waals surface area contributed by atoms with Crippen LogP contribution in [0.15, 0.2) is 31.0 Å². The molecule has 0 spiro atoms. The Labute approximate surface area is 92.0 Å². The van der Waals surface area contributed by atoms with Crippen molar-refractivity contribution < 1.29 is 14.7 Å². The van der Waals surface area contributed by atoms with Crippen LogP contribution < -0.4 is 10.6 Å². The number of urea groups is 1. The number of anilines is 1. The maximum Gasteiger partial charge on any atom is 0.356 e. The second-order valence-corrected chi connectivity index (χ2v) is 2.83. The summed E-state index contributed by atoms with van der Waals surface area (Å²) in [5.74, 6) is -1.19. The van der Waals surface area contributed by atoms with E-state index in [9.17, 15) is 9.59 Å². The third-order valence-corrected chi connectivity index (χ3v) is 1.67. The van der Waals surface area contributed by atoms with Crippen molar-refractivity contribution in [2.24, 2.45) is 0 Å². The SMILES string of the molecule is C=CCNC(=O)Nc1cccnc1C(=O)O. The Morgan fingerprint density at radius 1 is 1.56 bits per heavy atom. The number of carboxylic acids is 1. The van der Waals surface area contributed by atoms with E-state index in [1.807, 2.05) is 0 Å². The molecule has 0 saturated heterocycles. The second-order valence-electron chi connectivity index (χ2n) is 2.83. The van der Waals surface area contributed by atoms with E-state index in [4.69, 9.17) is 5.11 Å². The molecule has 0 aliphatic carbocycles. The number of carboxylic acid groups (broad SMARTS) is 1. The minimum Gasteiger partial charge on any atom is -0.476 e. The predicted octanol–water partition coefficient (Wildman–Crippen LogP) is 1.09. The molecule has 1 aromatic heterocycles. The minimum absolute atomic E-state index is 0.150. The van der Waals surface area contributed by atoms with Gasteiger partial charge in [0, 0.05) is 12.7 Å². The number of pyridine rings is 1. The lowest BCUT2D eigenvalue weighted by atomic mass is 10.3. The topological polar surface area (TPSA) is 91.3 Å². The molecule has 3 N–H and O–H groups in total. The van der Waals surface area contributed by atoms with E-state index in [-0.39, 0.29) is 11.4 Å². The standard InChI is InChI=1S/C10H11N3O3/c1-2-5-12-10(16)13-7-4-3-6-11-8(7)9(14)15/h2-4,6H,1,5H2,(H,14,15)(H2,12,13,16). The number of aromatic nitrogens is 1. The van der Waals surface area contributed by atoms with Crippen LogP contribution in [0.4, 0.5) is 10.5 Å². The monoisotopic (exact) mass is 221 g/mol. The molecule has 16 heavy (non-hydrogen) atoms. The number of amides is 2. The van der Waals surface area contributed by atoms with E-state index < -0.39 is 12.0 Å². The Balaban J connectivity index is 2.76. The van der Waals surface area contributed by atoms with Gasteiger partial charge in [-0.1, -0.05) is 6.08 Å². The van der Waals surface area contributed by atoms with Crippen molar-refractivity contribution in [1.82, 2.24) is 10.3 Å². The average molecular weight is 221 g/mol. The summed E-state index contributed by atoms with van der Waals surface area (Å²) in [5, 5.41) is 13.6. The number of carbonyl (C=O) groups is 2. The van der Waals surface area contributed by atoms with Crippen LogP contribution in [0.3, 0.4) is 0 Å². The van der Waals surface area contributed by atoms with Crippen molar-refractivity contribution >= 4 is 17.7 Å². The zero-order valence-corrected chi connectivity index (χ0v) is 8.43. The van der Waals surface area contributed by atoms with Crippen molar-refractivity contribution in [1.29, 1.82) is 0 Å². The van der Waals surface area contributed by atoms with Crippen LogP contribution in [0.2, 0.25) is 0 Å². The summed E-state index contributed by atoms with van der Waals surface area (Å²) >= 11 is 0. The first-order chi connectivity index (χ1) is 7.65. The maximum atomic E-state index is 11.3. The van der Waals surface area contributed by atoms with Gasteiger partial charge in [-0.05, 0) is 12.1 Å². The Morgan fingerprint density at radius 2 is 2.31 bits per heavy atom. The molecule has 0 radical (unpaired) electrons. The van der Waals surface area contributed by atoms with Gasteiger partial charge in [-0.15, -0.1) is 6.58 Å². The fourth-order valence-corrected chi connectivity index (χ4v) is 1.01. The summed E-state index contributed by atoms with van der Waals surface area (Å²) in [6.07, 6.45) is 2.86. The van der Waals surface area contributed by atoms with Crippen LogP contribution in [-0.2, 0) is 0 Å². The highest BCUT2D eigenvalue weighted by atomic mass is 16.4. The predicted molar refractivity (Wildman–Crippen MR) is 58.4 cm³/mol. The molecule has 1 heterocycles. The van der Waals surface area contributed by atoms with E-state index in [1.54, 1.807) is 0 Å². The summed E-state index contributed by atoms with van der Waals surface area (Å²) < 4.78 is 0. The molecular formula is C10H11N3O3. The van der Waals surface area contributed by atoms with Crippen LogP contribution in [0.5, 0.6) is 0 Å². The molecule has 1 rings (SSSR count). The molecule has 0 atom stereocenters. The molecule has 0 aliphatic heterocycles. The van der Waals surface area contributed by atoms with Crippen LogP contribution in [0.1, 0.15) is 10.5 Å². The smallest absolute Gasteiger partial charge is 0.356 e. The van der Waals surface area contributed by atoms with Gasteiger partial charge in [0.1, 0.15) is 0 Å². The molecule has 6 heteroatoms. The number of hydrogen-bond donors (Lipinski definition) is 3. The van der Waals surface area contributed by atoms with Gasteiger partial charge in [-0.2, -0.15) is 0 Å². The third-order valence-electron chi connectivity index (χ3n) is 1.67. The Bertz CT molecular complexity index is 418. The molecule has 0 unspecified atom stereocenters. The van der Waals surface area contributed by atoms with Crippen molar-refractivity contribution in [2.75, 3.05) is 11.9 Å². The number of nitrogens with one attached hydrogen (secondary N) is 2. The summed E-state index contributed by atoms with van der Waals surface area (Å²) in [6.45, 7) is 3.74. The lowest BCUT2D eigenvalue weighted by Gasteiger charge is -2.07. The van der Waals surface area contributed by atoms with Gasteiger partial charge >= 0.3 is 12.0 Å². The average Bonchev–Trinajstić information content (AvgIpc) is 2.27. The Hall–Kier alpha value is -2.37. The van der Waals surface area contributed by atoms with Crippen LogP contribution in [0.25, 0.3) is 0 Å². The fraction of sp³-hybridized carbons (Fsp3) is 0.100.